The first-order valence-electron chi connectivity index (χ1n) is 5.96. The Morgan fingerprint density at radius 3 is 3.00 bits per heavy atom. The molecule has 7 heteroatoms. The zero-order chi connectivity index (χ0) is 13.1. The van der Waals surface area contributed by atoms with Gasteiger partial charge in [0, 0.05) is 13.1 Å². The van der Waals surface area contributed by atoms with Crippen molar-refractivity contribution in [2.24, 2.45) is 0 Å². The van der Waals surface area contributed by atoms with E-state index in [9.17, 15) is 4.79 Å². The van der Waals surface area contributed by atoms with E-state index < -0.39 is 0 Å². The predicted molar refractivity (Wildman–Crippen MR) is 71.8 cm³/mol. The molecule has 2 aromatic rings. The summed E-state index contributed by atoms with van der Waals surface area (Å²) in [7, 11) is 0. The molecule has 1 amide bonds. The van der Waals surface area contributed by atoms with Gasteiger partial charge >= 0.3 is 0 Å². The Morgan fingerprint density at radius 1 is 1.42 bits per heavy atom. The molecule has 2 aromatic heterocycles. The standard InChI is InChI=1S/C12H13N3O3S/c16-11(9-2-1-5-18-9)14-12-13-8-10(19-12)15-3-6-17-7-4-15/h1-2,5,8H,3-4,6-7H2,(H,13,14,16). The largest absolute Gasteiger partial charge is 0.459 e. The van der Waals surface area contributed by atoms with Gasteiger partial charge in [0.05, 0.1) is 25.7 Å². The van der Waals surface area contributed by atoms with E-state index in [1.54, 1.807) is 18.3 Å². The molecule has 1 aliphatic rings. The van der Waals surface area contributed by atoms with Crippen LogP contribution in [0.5, 0.6) is 0 Å². The number of morpholine rings is 1. The maximum absolute atomic E-state index is 11.8. The zero-order valence-corrected chi connectivity index (χ0v) is 11.0. The Balaban J connectivity index is 1.66. The van der Waals surface area contributed by atoms with Gasteiger partial charge < -0.3 is 14.1 Å². The summed E-state index contributed by atoms with van der Waals surface area (Å²) in [5.74, 6) is -0.00370. The smallest absolute Gasteiger partial charge is 0.293 e. The molecule has 0 unspecified atom stereocenters. The third-order valence-corrected chi connectivity index (χ3v) is 3.76. The fourth-order valence-corrected chi connectivity index (χ4v) is 2.68. The van der Waals surface area contributed by atoms with Crippen LogP contribution in [-0.2, 0) is 4.74 Å². The highest BCUT2D eigenvalue weighted by atomic mass is 32.1. The zero-order valence-electron chi connectivity index (χ0n) is 10.2. The number of hydrogen-bond donors (Lipinski definition) is 1. The summed E-state index contributed by atoms with van der Waals surface area (Å²) in [4.78, 5) is 18.2. The lowest BCUT2D eigenvalue weighted by Crippen LogP contribution is -2.35. The van der Waals surface area contributed by atoms with Gasteiger partial charge in [-0.3, -0.25) is 10.1 Å². The second-order valence-electron chi connectivity index (χ2n) is 4.03. The fraction of sp³-hybridized carbons (Fsp3) is 0.333. The molecule has 0 bridgehead atoms. The van der Waals surface area contributed by atoms with Crippen molar-refractivity contribution in [3.63, 3.8) is 0 Å². The second kappa shape index (κ2) is 5.41. The SMILES string of the molecule is O=C(Nc1ncc(N2CCOCC2)s1)c1ccco1. The van der Waals surface area contributed by atoms with E-state index in [0.29, 0.717) is 5.13 Å². The number of aromatic nitrogens is 1. The molecule has 0 aromatic carbocycles. The van der Waals surface area contributed by atoms with Crippen LogP contribution < -0.4 is 10.2 Å². The Labute approximate surface area is 114 Å². The van der Waals surface area contributed by atoms with Gasteiger partial charge in [0.15, 0.2) is 10.9 Å². The number of ether oxygens (including phenoxy) is 1. The lowest BCUT2D eigenvalue weighted by molar-refractivity contribution is 0.0996. The van der Waals surface area contributed by atoms with Gasteiger partial charge in [0.2, 0.25) is 0 Å². The normalized spacial score (nSPS) is 15.5. The van der Waals surface area contributed by atoms with E-state index >= 15 is 0 Å². The van der Waals surface area contributed by atoms with Crippen molar-refractivity contribution < 1.29 is 13.9 Å². The summed E-state index contributed by atoms with van der Waals surface area (Å²) in [6, 6.07) is 3.29. The molecule has 100 valence electrons. The Morgan fingerprint density at radius 2 is 2.26 bits per heavy atom. The molecule has 0 aliphatic carbocycles. The van der Waals surface area contributed by atoms with Gasteiger partial charge in [-0.15, -0.1) is 0 Å². The highest BCUT2D eigenvalue weighted by molar-refractivity contribution is 7.19. The van der Waals surface area contributed by atoms with E-state index in [1.165, 1.54) is 17.6 Å². The first-order chi connectivity index (χ1) is 9.33. The highest BCUT2D eigenvalue weighted by Crippen LogP contribution is 2.27. The van der Waals surface area contributed by atoms with Crippen molar-refractivity contribution in [3.8, 4) is 0 Å². The second-order valence-corrected chi connectivity index (χ2v) is 5.04. The number of nitrogens with zero attached hydrogens (tertiary/aromatic N) is 2. The van der Waals surface area contributed by atoms with Crippen LogP contribution in [0.3, 0.4) is 0 Å². The van der Waals surface area contributed by atoms with Gasteiger partial charge in [-0.1, -0.05) is 11.3 Å². The minimum atomic E-state index is -0.284. The van der Waals surface area contributed by atoms with Crippen molar-refractivity contribution in [2.45, 2.75) is 0 Å². The maximum Gasteiger partial charge on any atom is 0.293 e. The quantitative estimate of drug-likeness (QED) is 0.928. The molecule has 3 heterocycles. The Kier molecular flexibility index (Phi) is 3.47. The minimum absolute atomic E-state index is 0.281. The number of amides is 1. The van der Waals surface area contributed by atoms with Crippen molar-refractivity contribution >= 4 is 27.4 Å². The van der Waals surface area contributed by atoms with Crippen LogP contribution in [-0.4, -0.2) is 37.2 Å². The van der Waals surface area contributed by atoms with E-state index in [4.69, 9.17) is 9.15 Å². The van der Waals surface area contributed by atoms with Crippen LogP contribution in [0.1, 0.15) is 10.6 Å². The summed E-state index contributed by atoms with van der Waals surface area (Å²) in [6.07, 6.45) is 3.24. The highest BCUT2D eigenvalue weighted by Gasteiger charge is 2.16. The topological polar surface area (TPSA) is 67.6 Å². The lowest BCUT2D eigenvalue weighted by Gasteiger charge is -2.26. The van der Waals surface area contributed by atoms with Crippen molar-refractivity contribution in [1.82, 2.24) is 4.98 Å². The van der Waals surface area contributed by atoms with Crippen molar-refractivity contribution in [2.75, 3.05) is 36.5 Å². The number of hydrogen-bond acceptors (Lipinski definition) is 6. The molecule has 3 rings (SSSR count). The lowest BCUT2D eigenvalue weighted by atomic mass is 10.4. The summed E-state index contributed by atoms with van der Waals surface area (Å²) in [5, 5.41) is 4.33. The summed E-state index contributed by atoms with van der Waals surface area (Å²) in [5.41, 5.74) is 0. The first kappa shape index (κ1) is 12.2. The molecule has 19 heavy (non-hydrogen) atoms. The number of carbonyl (C=O) groups excluding carboxylic acids is 1. The van der Waals surface area contributed by atoms with Gasteiger partial charge in [-0.25, -0.2) is 4.98 Å². The third kappa shape index (κ3) is 2.77. The van der Waals surface area contributed by atoms with E-state index in [1.807, 2.05) is 0 Å². The average Bonchev–Trinajstić information content (AvgIpc) is 3.11. The molecule has 1 aliphatic heterocycles. The van der Waals surface area contributed by atoms with Crippen LogP contribution in [0, 0.1) is 0 Å². The number of furan rings is 1. The molecule has 0 saturated carbocycles. The summed E-state index contributed by atoms with van der Waals surface area (Å²) < 4.78 is 10.3. The molecular formula is C12H13N3O3S. The molecule has 0 radical (unpaired) electrons. The fourth-order valence-electron chi connectivity index (χ4n) is 1.82. The Hall–Kier alpha value is -1.86. The number of anilines is 2. The van der Waals surface area contributed by atoms with Crippen molar-refractivity contribution in [3.05, 3.63) is 30.4 Å². The monoisotopic (exact) mass is 279 g/mol. The van der Waals surface area contributed by atoms with Crippen LogP contribution in [0.2, 0.25) is 0 Å². The molecule has 6 nitrogen and oxygen atoms in total. The van der Waals surface area contributed by atoms with Gasteiger partial charge in [0.25, 0.3) is 5.91 Å². The van der Waals surface area contributed by atoms with E-state index in [0.717, 1.165) is 31.3 Å². The third-order valence-electron chi connectivity index (χ3n) is 2.78. The number of thiazole rings is 1. The van der Waals surface area contributed by atoms with Crippen molar-refractivity contribution in [1.29, 1.82) is 0 Å². The number of nitrogens with one attached hydrogen (secondary N) is 1. The summed E-state index contributed by atoms with van der Waals surface area (Å²) in [6.45, 7) is 3.17. The van der Waals surface area contributed by atoms with Crippen LogP contribution >= 0.6 is 11.3 Å². The van der Waals surface area contributed by atoms with Crippen LogP contribution in [0.4, 0.5) is 10.1 Å². The molecule has 0 atom stereocenters. The molecular weight excluding hydrogens is 266 g/mol. The van der Waals surface area contributed by atoms with E-state index in [-0.39, 0.29) is 11.7 Å². The van der Waals surface area contributed by atoms with Crippen LogP contribution in [0.25, 0.3) is 0 Å². The Bertz CT molecular complexity index is 546. The summed E-state index contributed by atoms with van der Waals surface area (Å²) >= 11 is 1.45. The van der Waals surface area contributed by atoms with Gasteiger partial charge in [-0.2, -0.15) is 0 Å². The predicted octanol–water partition coefficient (Wildman–Crippen LogP) is 1.83. The first-order valence-corrected chi connectivity index (χ1v) is 6.78. The molecule has 0 spiro atoms. The number of rotatable bonds is 3. The molecule has 1 fully saturated rings. The molecule has 1 N–H and O–H groups in total. The van der Waals surface area contributed by atoms with Gasteiger partial charge in [-0.05, 0) is 12.1 Å². The maximum atomic E-state index is 11.8. The molecule has 1 saturated heterocycles. The number of carbonyl (C=O) groups is 1. The van der Waals surface area contributed by atoms with Gasteiger partial charge in [0.1, 0.15) is 5.00 Å². The average molecular weight is 279 g/mol. The minimum Gasteiger partial charge on any atom is -0.459 e. The van der Waals surface area contributed by atoms with E-state index in [2.05, 4.69) is 15.2 Å². The van der Waals surface area contributed by atoms with Crippen LogP contribution in [0.15, 0.2) is 29.0 Å².